The van der Waals surface area contributed by atoms with Crippen LogP contribution < -0.4 is 5.32 Å². The number of carbonyl (C=O) groups is 2. The number of imidazole rings is 1. The number of amides is 1. The third kappa shape index (κ3) is 5.37. The Morgan fingerprint density at radius 1 is 1.35 bits per heavy atom. The van der Waals surface area contributed by atoms with Gasteiger partial charge in [-0.1, -0.05) is 19.3 Å². The van der Waals surface area contributed by atoms with Crippen LogP contribution >= 0.6 is 0 Å². The van der Waals surface area contributed by atoms with Gasteiger partial charge in [-0.3, -0.25) is 9.59 Å². The number of carbonyl (C=O) groups excluding carboxylic acids is 2. The Kier molecular flexibility index (Phi) is 7.10. The third-order valence-corrected chi connectivity index (χ3v) is 4.40. The van der Waals surface area contributed by atoms with Crippen molar-refractivity contribution in [3.8, 4) is 0 Å². The zero-order chi connectivity index (χ0) is 16.5. The van der Waals surface area contributed by atoms with Gasteiger partial charge in [0.2, 0.25) is 5.91 Å². The first-order chi connectivity index (χ1) is 11.2. The summed E-state index contributed by atoms with van der Waals surface area (Å²) in [7, 11) is 0. The van der Waals surface area contributed by atoms with Crippen molar-refractivity contribution in [3.63, 3.8) is 0 Å². The predicted octanol–water partition coefficient (Wildman–Crippen LogP) is 2.15. The number of esters is 1. The molecular formula is C17H27N3O3. The van der Waals surface area contributed by atoms with E-state index in [-0.39, 0.29) is 17.8 Å². The van der Waals surface area contributed by atoms with Gasteiger partial charge in [0.15, 0.2) is 0 Å². The summed E-state index contributed by atoms with van der Waals surface area (Å²) in [5.74, 6) is -1.08. The van der Waals surface area contributed by atoms with Crippen molar-refractivity contribution in [2.45, 2.75) is 52.0 Å². The van der Waals surface area contributed by atoms with Crippen LogP contribution in [0.25, 0.3) is 0 Å². The highest BCUT2D eigenvalue weighted by Gasteiger charge is 2.36. The van der Waals surface area contributed by atoms with Gasteiger partial charge in [0.25, 0.3) is 0 Å². The molecule has 1 fully saturated rings. The van der Waals surface area contributed by atoms with Crippen molar-refractivity contribution in [3.05, 3.63) is 18.7 Å². The van der Waals surface area contributed by atoms with Gasteiger partial charge in [-0.25, -0.2) is 4.98 Å². The molecule has 1 aliphatic carbocycles. The van der Waals surface area contributed by atoms with Crippen LogP contribution in [-0.4, -0.2) is 34.6 Å². The highest BCUT2D eigenvalue weighted by Crippen LogP contribution is 2.31. The Morgan fingerprint density at radius 3 is 2.78 bits per heavy atom. The van der Waals surface area contributed by atoms with E-state index in [4.69, 9.17) is 4.74 Å². The number of nitrogens with zero attached hydrogens (tertiary/aromatic N) is 2. The zero-order valence-electron chi connectivity index (χ0n) is 13.9. The molecule has 1 aromatic heterocycles. The Bertz CT molecular complexity index is 481. The lowest BCUT2D eigenvalue weighted by Crippen LogP contribution is -2.42. The molecule has 128 valence electrons. The van der Waals surface area contributed by atoms with Crippen LogP contribution in [0.2, 0.25) is 0 Å². The molecule has 1 amide bonds. The van der Waals surface area contributed by atoms with E-state index in [1.807, 2.05) is 10.8 Å². The minimum Gasteiger partial charge on any atom is -0.465 e. The van der Waals surface area contributed by atoms with E-state index in [1.165, 1.54) is 6.42 Å². The summed E-state index contributed by atoms with van der Waals surface area (Å²) in [6.07, 6.45) is 11.4. The second kappa shape index (κ2) is 9.33. The maximum atomic E-state index is 12.5. The molecule has 0 aliphatic heterocycles. The molecule has 1 aromatic rings. The van der Waals surface area contributed by atoms with Gasteiger partial charge >= 0.3 is 5.97 Å². The van der Waals surface area contributed by atoms with Gasteiger partial charge in [0, 0.05) is 25.5 Å². The largest absolute Gasteiger partial charge is 0.465 e. The molecule has 23 heavy (non-hydrogen) atoms. The number of hydrogen-bond acceptors (Lipinski definition) is 4. The number of aryl methyl sites for hydroxylation is 1. The van der Waals surface area contributed by atoms with Crippen LogP contribution in [0.15, 0.2) is 18.7 Å². The van der Waals surface area contributed by atoms with Crippen molar-refractivity contribution in [1.29, 1.82) is 0 Å². The van der Waals surface area contributed by atoms with Gasteiger partial charge in [-0.05, 0) is 32.1 Å². The lowest BCUT2D eigenvalue weighted by Gasteiger charge is -2.27. The summed E-state index contributed by atoms with van der Waals surface area (Å²) in [5, 5.41) is 2.91. The van der Waals surface area contributed by atoms with Crippen molar-refractivity contribution in [2.24, 2.45) is 11.8 Å². The lowest BCUT2D eigenvalue weighted by atomic mass is 9.79. The molecule has 0 saturated heterocycles. The van der Waals surface area contributed by atoms with Crippen molar-refractivity contribution < 1.29 is 14.3 Å². The maximum Gasteiger partial charge on any atom is 0.318 e. The minimum atomic E-state index is -0.650. The normalized spacial score (nSPS) is 16.7. The summed E-state index contributed by atoms with van der Waals surface area (Å²) in [6, 6.07) is 0. The summed E-state index contributed by atoms with van der Waals surface area (Å²) < 4.78 is 7.10. The summed E-state index contributed by atoms with van der Waals surface area (Å²) in [5.41, 5.74) is 0. The fourth-order valence-corrected chi connectivity index (χ4v) is 3.22. The van der Waals surface area contributed by atoms with Gasteiger partial charge < -0.3 is 14.6 Å². The van der Waals surface area contributed by atoms with Crippen molar-refractivity contribution >= 4 is 11.9 Å². The summed E-state index contributed by atoms with van der Waals surface area (Å²) >= 11 is 0. The van der Waals surface area contributed by atoms with Gasteiger partial charge in [0.05, 0.1) is 12.9 Å². The van der Waals surface area contributed by atoms with Gasteiger partial charge in [-0.15, -0.1) is 0 Å². The Hall–Kier alpha value is -1.85. The smallest absolute Gasteiger partial charge is 0.318 e. The Morgan fingerprint density at radius 2 is 2.13 bits per heavy atom. The Balaban J connectivity index is 1.83. The predicted molar refractivity (Wildman–Crippen MR) is 86.6 cm³/mol. The molecule has 6 nitrogen and oxygen atoms in total. The molecule has 1 atom stereocenters. The maximum absolute atomic E-state index is 12.5. The van der Waals surface area contributed by atoms with Gasteiger partial charge in [0.1, 0.15) is 5.92 Å². The molecule has 1 unspecified atom stereocenters. The standard InChI is InChI=1S/C17H27N3O3/c1-2-23-17(22)15(14-7-4-3-5-8-14)16(21)19-9-6-11-20-12-10-18-13-20/h10,12-15H,2-9,11H2,1H3,(H,19,21). The van der Waals surface area contributed by atoms with E-state index >= 15 is 0 Å². The average Bonchev–Trinajstić information content (AvgIpc) is 3.06. The molecular weight excluding hydrogens is 294 g/mol. The first-order valence-electron chi connectivity index (χ1n) is 8.62. The van der Waals surface area contributed by atoms with Crippen LogP contribution in [0.3, 0.4) is 0 Å². The highest BCUT2D eigenvalue weighted by atomic mass is 16.5. The van der Waals surface area contributed by atoms with E-state index in [0.29, 0.717) is 13.2 Å². The van der Waals surface area contributed by atoms with Crippen LogP contribution in [0.5, 0.6) is 0 Å². The van der Waals surface area contributed by atoms with Crippen LogP contribution in [0, 0.1) is 11.8 Å². The molecule has 6 heteroatoms. The fraction of sp³-hybridized carbons (Fsp3) is 0.706. The van der Waals surface area contributed by atoms with E-state index in [1.54, 1.807) is 19.4 Å². The molecule has 1 heterocycles. The number of nitrogens with one attached hydrogen (secondary N) is 1. The number of aromatic nitrogens is 2. The summed E-state index contributed by atoms with van der Waals surface area (Å²) in [4.78, 5) is 28.7. The Labute approximate surface area is 137 Å². The van der Waals surface area contributed by atoms with Crippen LogP contribution in [0.1, 0.15) is 45.4 Å². The van der Waals surface area contributed by atoms with E-state index in [2.05, 4.69) is 10.3 Å². The van der Waals surface area contributed by atoms with Crippen molar-refractivity contribution in [1.82, 2.24) is 14.9 Å². The van der Waals surface area contributed by atoms with Crippen LogP contribution in [-0.2, 0) is 20.9 Å². The molecule has 2 rings (SSSR count). The average molecular weight is 321 g/mol. The topological polar surface area (TPSA) is 73.2 Å². The molecule has 1 N–H and O–H groups in total. The monoisotopic (exact) mass is 321 g/mol. The number of rotatable bonds is 8. The highest BCUT2D eigenvalue weighted by molar-refractivity contribution is 5.98. The molecule has 0 aromatic carbocycles. The molecule has 0 spiro atoms. The SMILES string of the molecule is CCOC(=O)C(C(=O)NCCCn1ccnc1)C1CCCCC1. The van der Waals surface area contributed by atoms with E-state index < -0.39 is 5.92 Å². The molecule has 1 aliphatic rings. The molecule has 0 radical (unpaired) electrons. The minimum absolute atomic E-state index is 0.122. The fourth-order valence-electron chi connectivity index (χ4n) is 3.22. The summed E-state index contributed by atoms with van der Waals surface area (Å²) in [6.45, 7) is 3.45. The zero-order valence-corrected chi connectivity index (χ0v) is 13.9. The van der Waals surface area contributed by atoms with Crippen molar-refractivity contribution in [2.75, 3.05) is 13.2 Å². The van der Waals surface area contributed by atoms with Gasteiger partial charge in [-0.2, -0.15) is 0 Å². The molecule has 1 saturated carbocycles. The quantitative estimate of drug-likeness (QED) is 0.452. The number of ether oxygens (including phenoxy) is 1. The van der Waals surface area contributed by atoms with E-state index in [9.17, 15) is 9.59 Å². The van der Waals surface area contributed by atoms with Crippen LogP contribution in [0.4, 0.5) is 0 Å². The second-order valence-corrected chi connectivity index (χ2v) is 6.07. The lowest BCUT2D eigenvalue weighted by molar-refractivity contribution is -0.155. The molecule has 0 bridgehead atoms. The first-order valence-corrected chi connectivity index (χ1v) is 8.62. The van der Waals surface area contributed by atoms with E-state index in [0.717, 1.165) is 38.6 Å². The third-order valence-electron chi connectivity index (χ3n) is 4.40. The first kappa shape index (κ1) is 17.5. The second-order valence-electron chi connectivity index (χ2n) is 6.07. The number of hydrogen-bond donors (Lipinski definition) is 1.